The van der Waals surface area contributed by atoms with Crippen molar-refractivity contribution in [3.8, 4) is 11.8 Å². The van der Waals surface area contributed by atoms with Gasteiger partial charge >= 0.3 is 6.03 Å². The number of hydrogen-bond donors (Lipinski definition) is 0. The maximum Gasteiger partial charge on any atom is 0.320 e. The Hall–Kier alpha value is -2.09. The van der Waals surface area contributed by atoms with Crippen LogP contribution in [0.25, 0.3) is 0 Å². The summed E-state index contributed by atoms with van der Waals surface area (Å²) in [6.07, 6.45) is 3.85. The van der Waals surface area contributed by atoms with E-state index in [1.54, 1.807) is 12.4 Å². The Kier molecular flexibility index (Phi) is 4.80. The van der Waals surface area contributed by atoms with Crippen LogP contribution in [0, 0.1) is 0 Å². The second kappa shape index (κ2) is 6.99. The van der Waals surface area contributed by atoms with Crippen LogP contribution in [0.3, 0.4) is 0 Å². The van der Waals surface area contributed by atoms with Gasteiger partial charge in [0.05, 0.1) is 13.7 Å². The van der Waals surface area contributed by atoms with Crippen LogP contribution in [0.1, 0.15) is 6.42 Å². The molecule has 2 amide bonds. The predicted molar refractivity (Wildman–Crippen MR) is 83.7 cm³/mol. The summed E-state index contributed by atoms with van der Waals surface area (Å²) in [4.78, 5) is 26.8. The Labute approximate surface area is 136 Å². The van der Waals surface area contributed by atoms with Gasteiger partial charge < -0.3 is 24.2 Å². The van der Waals surface area contributed by atoms with E-state index < -0.39 is 0 Å². The first kappa shape index (κ1) is 15.8. The van der Waals surface area contributed by atoms with E-state index in [-0.39, 0.29) is 12.1 Å². The van der Waals surface area contributed by atoms with Crippen molar-refractivity contribution in [2.24, 2.45) is 0 Å². The van der Waals surface area contributed by atoms with E-state index in [0.717, 1.165) is 32.6 Å². The Bertz CT molecular complexity index is 548. The maximum absolute atomic E-state index is 12.6. The molecule has 2 saturated heterocycles. The number of ether oxygens (including phenoxy) is 2. The predicted octanol–water partition coefficient (Wildman–Crippen LogP) is 0.306. The first-order valence-electron chi connectivity index (χ1n) is 7.91. The Morgan fingerprint density at radius 3 is 2.48 bits per heavy atom. The molecule has 1 aromatic rings. The van der Waals surface area contributed by atoms with Gasteiger partial charge in [0, 0.05) is 51.5 Å². The quantitative estimate of drug-likeness (QED) is 0.798. The second-order valence-electron chi connectivity index (χ2n) is 5.92. The summed E-state index contributed by atoms with van der Waals surface area (Å²) >= 11 is 0. The molecule has 23 heavy (non-hydrogen) atoms. The van der Waals surface area contributed by atoms with Crippen molar-refractivity contribution in [3.63, 3.8) is 0 Å². The number of rotatable bonds is 3. The Morgan fingerprint density at radius 2 is 1.78 bits per heavy atom. The molecule has 3 rings (SSSR count). The molecule has 8 nitrogen and oxygen atoms in total. The van der Waals surface area contributed by atoms with E-state index >= 15 is 0 Å². The van der Waals surface area contributed by atoms with Gasteiger partial charge in [-0.25, -0.2) is 14.8 Å². The van der Waals surface area contributed by atoms with E-state index in [9.17, 15) is 4.79 Å². The molecule has 126 valence electrons. The molecule has 0 spiro atoms. The van der Waals surface area contributed by atoms with Gasteiger partial charge in [-0.3, -0.25) is 0 Å². The first-order chi connectivity index (χ1) is 11.2. The molecule has 3 heterocycles. The highest BCUT2D eigenvalue weighted by Crippen LogP contribution is 2.24. The monoisotopic (exact) mass is 321 g/mol. The number of methoxy groups -OCH3 is 1. The molecule has 0 N–H and O–H groups in total. The molecular weight excluding hydrogens is 298 g/mol. The number of likely N-dealkylation sites (tertiary alicyclic amines) is 1. The van der Waals surface area contributed by atoms with E-state index in [0.29, 0.717) is 24.8 Å². The van der Waals surface area contributed by atoms with Crippen LogP contribution in [-0.4, -0.2) is 90.2 Å². The molecule has 0 unspecified atom stereocenters. The third-order valence-corrected chi connectivity index (χ3v) is 4.29. The summed E-state index contributed by atoms with van der Waals surface area (Å²) in [5.74, 6) is 0.755. The molecule has 0 saturated carbocycles. The van der Waals surface area contributed by atoms with Crippen LogP contribution in [-0.2, 0) is 0 Å². The number of hydrogen-bond acceptors (Lipinski definition) is 6. The van der Waals surface area contributed by atoms with Crippen LogP contribution in [0.4, 0.5) is 4.79 Å². The molecule has 0 aromatic carbocycles. The number of piperazine rings is 1. The summed E-state index contributed by atoms with van der Waals surface area (Å²) < 4.78 is 11.0. The number of carbonyl (C=O) groups excluding carboxylic acids is 1. The number of nitrogens with zero attached hydrogens (tertiary/aromatic N) is 5. The number of carbonyl (C=O) groups is 1. The second-order valence-corrected chi connectivity index (χ2v) is 5.92. The SMILES string of the molecule is COc1nccnc1O[C@H]1CCN(C(=O)N2CCN(C)CC2)C1. The third kappa shape index (κ3) is 3.64. The van der Waals surface area contributed by atoms with Gasteiger partial charge in [-0.2, -0.15) is 0 Å². The minimum absolute atomic E-state index is 0.0722. The topological polar surface area (TPSA) is 71.0 Å². The summed E-state index contributed by atoms with van der Waals surface area (Å²) in [6.45, 7) is 4.71. The Balaban J connectivity index is 1.55. The van der Waals surface area contributed by atoms with Gasteiger partial charge in [-0.05, 0) is 7.05 Å². The summed E-state index contributed by atoms with van der Waals surface area (Å²) in [6, 6.07) is 0.107. The van der Waals surface area contributed by atoms with Crippen LogP contribution in [0.15, 0.2) is 12.4 Å². The molecular formula is C15H23N5O3. The number of likely N-dealkylation sites (N-methyl/N-ethyl adjacent to an activating group) is 1. The van der Waals surface area contributed by atoms with Crippen LogP contribution in [0.2, 0.25) is 0 Å². The van der Waals surface area contributed by atoms with Crippen LogP contribution in [0.5, 0.6) is 11.8 Å². The van der Waals surface area contributed by atoms with Gasteiger partial charge in [0.25, 0.3) is 11.8 Å². The molecule has 1 aromatic heterocycles. The normalized spacial score (nSPS) is 22.3. The van der Waals surface area contributed by atoms with Crippen molar-refractivity contribution in [2.75, 3.05) is 53.4 Å². The lowest BCUT2D eigenvalue weighted by molar-refractivity contribution is 0.123. The summed E-state index contributed by atoms with van der Waals surface area (Å²) in [7, 11) is 3.62. The van der Waals surface area contributed by atoms with E-state index in [1.807, 2.05) is 9.80 Å². The lowest BCUT2D eigenvalue weighted by Gasteiger charge is -2.34. The molecule has 0 aliphatic carbocycles. The lowest BCUT2D eigenvalue weighted by Crippen LogP contribution is -2.51. The molecule has 1 atom stereocenters. The van der Waals surface area contributed by atoms with Crippen LogP contribution < -0.4 is 9.47 Å². The van der Waals surface area contributed by atoms with Crippen molar-refractivity contribution < 1.29 is 14.3 Å². The van der Waals surface area contributed by atoms with Gasteiger partial charge in [-0.1, -0.05) is 0 Å². The molecule has 0 bridgehead atoms. The minimum atomic E-state index is -0.0722. The van der Waals surface area contributed by atoms with E-state index in [2.05, 4.69) is 21.9 Å². The highest BCUT2D eigenvalue weighted by Gasteiger charge is 2.32. The highest BCUT2D eigenvalue weighted by molar-refractivity contribution is 5.75. The van der Waals surface area contributed by atoms with Crippen molar-refractivity contribution in [3.05, 3.63) is 12.4 Å². The fourth-order valence-corrected chi connectivity index (χ4v) is 2.89. The van der Waals surface area contributed by atoms with Gasteiger partial charge in [0.2, 0.25) is 0 Å². The average molecular weight is 321 g/mol. The Morgan fingerprint density at radius 1 is 1.09 bits per heavy atom. The molecule has 2 aliphatic rings. The van der Waals surface area contributed by atoms with Crippen molar-refractivity contribution in [1.29, 1.82) is 0 Å². The fourth-order valence-electron chi connectivity index (χ4n) is 2.89. The number of aromatic nitrogens is 2. The van der Waals surface area contributed by atoms with Crippen LogP contribution >= 0.6 is 0 Å². The minimum Gasteiger partial charge on any atom is -0.477 e. The zero-order chi connectivity index (χ0) is 16.2. The lowest BCUT2D eigenvalue weighted by atomic mass is 10.3. The average Bonchev–Trinajstić information content (AvgIpc) is 3.04. The summed E-state index contributed by atoms with van der Waals surface area (Å²) in [5.41, 5.74) is 0. The smallest absolute Gasteiger partial charge is 0.320 e. The number of amides is 2. The first-order valence-corrected chi connectivity index (χ1v) is 7.91. The van der Waals surface area contributed by atoms with Gasteiger partial charge in [0.15, 0.2) is 0 Å². The summed E-state index contributed by atoms with van der Waals surface area (Å²) in [5, 5.41) is 0. The molecule has 2 fully saturated rings. The number of urea groups is 1. The standard InChI is InChI=1S/C15H23N5O3/c1-18-7-9-19(10-8-18)15(21)20-6-3-12(11-20)23-14-13(22-2)16-4-5-17-14/h4-5,12H,3,6-11H2,1-2H3/t12-/m0/s1. The zero-order valence-electron chi connectivity index (χ0n) is 13.6. The molecule has 0 radical (unpaired) electrons. The van der Waals surface area contributed by atoms with Gasteiger partial charge in [-0.15, -0.1) is 0 Å². The van der Waals surface area contributed by atoms with E-state index in [4.69, 9.17) is 9.47 Å². The molecule has 2 aliphatic heterocycles. The molecule has 8 heteroatoms. The third-order valence-electron chi connectivity index (χ3n) is 4.29. The van der Waals surface area contributed by atoms with Crippen molar-refractivity contribution >= 4 is 6.03 Å². The fraction of sp³-hybridized carbons (Fsp3) is 0.667. The zero-order valence-corrected chi connectivity index (χ0v) is 13.6. The maximum atomic E-state index is 12.6. The highest BCUT2D eigenvalue weighted by atomic mass is 16.5. The van der Waals surface area contributed by atoms with Crippen molar-refractivity contribution in [1.82, 2.24) is 24.7 Å². The van der Waals surface area contributed by atoms with Crippen molar-refractivity contribution in [2.45, 2.75) is 12.5 Å². The van der Waals surface area contributed by atoms with E-state index in [1.165, 1.54) is 7.11 Å². The largest absolute Gasteiger partial charge is 0.477 e. The van der Waals surface area contributed by atoms with Gasteiger partial charge in [0.1, 0.15) is 6.10 Å².